The van der Waals surface area contributed by atoms with Crippen molar-refractivity contribution in [1.29, 1.82) is 0 Å². The van der Waals surface area contributed by atoms with Gasteiger partial charge in [0.2, 0.25) is 0 Å². The quantitative estimate of drug-likeness (QED) is 0.527. The van der Waals surface area contributed by atoms with Crippen molar-refractivity contribution in [2.45, 2.75) is 24.9 Å². The number of ether oxygens (including phenoxy) is 1. The zero-order valence-electron chi connectivity index (χ0n) is 17.7. The van der Waals surface area contributed by atoms with Crippen molar-refractivity contribution in [1.82, 2.24) is 4.90 Å². The minimum Gasteiger partial charge on any atom is -0.478 e. The highest BCUT2D eigenvalue weighted by Crippen LogP contribution is 2.46. The molecule has 2 aromatic rings. The summed E-state index contributed by atoms with van der Waals surface area (Å²) in [5, 5.41) is 15.6. The van der Waals surface area contributed by atoms with Crippen LogP contribution in [0.3, 0.4) is 0 Å². The lowest BCUT2D eigenvalue weighted by atomic mass is 9.81. The summed E-state index contributed by atoms with van der Waals surface area (Å²) in [6, 6.07) is 20.5. The van der Waals surface area contributed by atoms with E-state index in [9.17, 15) is 14.4 Å². The Labute approximate surface area is 186 Å². The zero-order chi connectivity index (χ0) is 22.9. The van der Waals surface area contributed by atoms with Gasteiger partial charge in [0.1, 0.15) is 6.10 Å². The molecular weight excluding hydrogens is 410 g/mol. The standard InChI is InChI=1S/C21H23NO2.C4H4O4/c23-21-18(15-22-13-7-8-14-22)19(16-9-3-1-4-10-16)20(24-21)17-11-5-2-6-12-17;5-3(6)1-2-4(7)8/h1-6,9-12,18-20H,7-8,13-15H2;1-2H,(H,5,6)(H,7,8)/b;2-1+/t18-,19-,20+;/m1./s1. The number of carbonyl (C=O) groups is 3. The first-order chi connectivity index (χ1) is 15.5. The molecule has 0 spiro atoms. The third kappa shape index (κ3) is 6.28. The van der Waals surface area contributed by atoms with Crippen LogP contribution < -0.4 is 0 Å². The van der Waals surface area contributed by atoms with Crippen molar-refractivity contribution in [3.8, 4) is 0 Å². The summed E-state index contributed by atoms with van der Waals surface area (Å²) in [4.78, 5) is 34.2. The van der Waals surface area contributed by atoms with E-state index >= 15 is 0 Å². The molecule has 2 saturated heterocycles. The van der Waals surface area contributed by atoms with Gasteiger partial charge in [-0.1, -0.05) is 60.7 Å². The average Bonchev–Trinajstić information content (AvgIpc) is 3.42. The molecule has 7 nitrogen and oxygen atoms in total. The molecule has 0 aliphatic carbocycles. The third-order valence-electron chi connectivity index (χ3n) is 5.64. The molecule has 2 aromatic carbocycles. The van der Waals surface area contributed by atoms with E-state index in [1.54, 1.807) is 0 Å². The van der Waals surface area contributed by atoms with E-state index < -0.39 is 11.9 Å². The SMILES string of the molecule is O=C(O)/C=C/C(=O)O.O=C1O[C@@H](c2ccccc2)[C@H](c2ccccc2)[C@H]1CN1CCCC1. The van der Waals surface area contributed by atoms with E-state index in [-0.39, 0.29) is 23.9 Å². The summed E-state index contributed by atoms with van der Waals surface area (Å²) in [6.07, 6.45) is 3.40. The Kier molecular flexibility index (Phi) is 8.16. The summed E-state index contributed by atoms with van der Waals surface area (Å²) in [5.74, 6) is -2.57. The van der Waals surface area contributed by atoms with Gasteiger partial charge in [-0.15, -0.1) is 0 Å². The van der Waals surface area contributed by atoms with Gasteiger partial charge in [-0.3, -0.25) is 4.79 Å². The van der Waals surface area contributed by atoms with Gasteiger partial charge >= 0.3 is 17.9 Å². The molecule has 2 heterocycles. The topological polar surface area (TPSA) is 104 Å². The molecule has 2 aliphatic heterocycles. The number of rotatable bonds is 6. The van der Waals surface area contributed by atoms with Crippen LogP contribution in [0.2, 0.25) is 0 Å². The Balaban J connectivity index is 0.000000312. The van der Waals surface area contributed by atoms with Crippen molar-refractivity contribution in [3.63, 3.8) is 0 Å². The second kappa shape index (κ2) is 11.2. The van der Waals surface area contributed by atoms with Crippen LogP contribution in [0.15, 0.2) is 72.8 Å². The predicted octanol–water partition coefficient (Wildman–Crippen LogP) is 3.49. The van der Waals surface area contributed by atoms with Crippen molar-refractivity contribution < 1.29 is 29.3 Å². The molecule has 0 aromatic heterocycles. The van der Waals surface area contributed by atoms with E-state index in [2.05, 4.69) is 29.2 Å². The molecule has 2 N–H and O–H groups in total. The van der Waals surface area contributed by atoms with Crippen LogP contribution in [0.1, 0.15) is 36.0 Å². The lowest BCUT2D eigenvalue weighted by molar-refractivity contribution is -0.145. The number of aliphatic carboxylic acids is 2. The highest BCUT2D eigenvalue weighted by molar-refractivity contribution is 5.89. The van der Waals surface area contributed by atoms with E-state index in [1.807, 2.05) is 36.4 Å². The molecule has 32 heavy (non-hydrogen) atoms. The number of carbonyl (C=O) groups excluding carboxylic acids is 1. The van der Waals surface area contributed by atoms with Gasteiger partial charge < -0.3 is 19.8 Å². The number of carboxylic acids is 2. The van der Waals surface area contributed by atoms with Gasteiger partial charge in [0.15, 0.2) is 0 Å². The molecule has 2 aliphatic rings. The molecule has 0 bridgehead atoms. The number of carboxylic acid groups (broad SMARTS) is 2. The van der Waals surface area contributed by atoms with Gasteiger partial charge in [-0.2, -0.15) is 0 Å². The van der Waals surface area contributed by atoms with E-state index in [0.29, 0.717) is 12.2 Å². The molecule has 3 atom stereocenters. The summed E-state index contributed by atoms with van der Waals surface area (Å²) in [7, 11) is 0. The van der Waals surface area contributed by atoms with Crippen molar-refractivity contribution in [2.75, 3.05) is 19.6 Å². The smallest absolute Gasteiger partial charge is 0.328 e. The van der Waals surface area contributed by atoms with Gasteiger partial charge in [-0.05, 0) is 37.1 Å². The minimum atomic E-state index is -1.26. The Morgan fingerprint density at radius 3 is 1.88 bits per heavy atom. The maximum atomic E-state index is 12.7. The number of hydrogen-bond donors (Lipinski definition) is 2. The van der Waals surface area contributed by atoms with Crippen molar-refractivity contribution in [2.24, 2.45) is 5.92 Å². The fraction of sp³-hybridized carbons (Fsp3) is 0.320. The fourth-order valence-corrected chi connectivity index (χ4v) is 4.22. The maximum Gasteiger partial charge on any atom is 0.328 e. The Morgan fingerprint density at radius 2 is 1.38 bits per heavy atom. The van der Waals surface area contributed by atoms with Crippen LogP contribution >= 0.6 is 0 Å². The molecule has 7 heteroatoms. The summed E-state index contributed by atoms with van der Waals surface area (Å²) >= 11 is 0. The van der Waals surface area contributed by atoms with Gasteiger partial charge in [0.05, 0.1) is 5.92 Å². The number of nitrogens with zero attached hydrogens (tertiary/aromatic N) is 1. The van der Waals surface area contributed by atoms with Crippen LogP contribution in [0.25, 0.3) is 0 Å². The average molecular weight is 437 g/mol. The normalized spacial score (nSPS) is 22.9. The molecule has 2 fully saturated rings. The molecule has 168 valence electrons. The first kappa shape index (κ1) is 23.2. The molecule has 4 rings (SSSR count). The van der Waals surface area contributed by atoms with Crippen molar-refractivity contribution >= 4 is 17.9 Å². The van der Waals surface area contributed by atoms with Crippen LogP contribution in [0.4, 0.5) is 0 Å². The molecule has 0 radical (unpaired) electrons. The minimum absolute atomic E-state index is 0.0513. The second-order valence-electron chi connectivity index (χ2n) is 7.83. The Bertz CT molecular complexity index is 921. The number of benzene rings is 2. The molecule has 0 amide bonds. The second-order valence-corrected chi connectivity index (χ2v) is 7.83. The van der Waals surface area contributed by atoms with Crippen LogP contribution in [0, 0.1) is 5.92 Å². The molecular formula is C25H27NO6. The fourth-order valence-electron chi connectivity index (χ4n) is 4.22. The maximum absolute atomic E-state index is 12.7. The van der Waals surface area contributed by atoms with Crippen LogP contribution in [-0.2, 0) is 19.1 Å². The third-order valence-corrected chi connectivity index (χ3v) is 5.64. The van der Waals surface area contributed by atoms with E-state index in [4.69, 9.17) is 14.9 Å². The number of esters is 1. The lowest BCUT2D eigenvalue weighted by Gasteiger charge is -2.25. The molecule has 0 saturated carbocycles. The van der Waals surface area contributed by atoms with E-state index in [0.717, 1.165) is 25.2 Å². The summed E-state index contributed by atoms with van der Waals surface area (Å²) in [6.45, 7) is 3.00. The lowest BCUT2D eigenvalue weighted by Crippen LogP contribution is -2.31. The molecule has 0 unspecified atom stereocenters. The number of likely N-dealkylation sites (tertiary alicyclic amines) is 1. The first-order valence-electron chi connectivity index (χ1n) is 10.6. The Hall–Kier alpha value is -3.45. The largest absolute Gasteiger partial charge is 0.478 e. The summed E-state index contributed by atoms with van der Waals surface area (Å²) in [5.41, 5.74) is 2.28. The Morgan fingerprint density at radius 1 is 0.875 bits per heavy atom. The highest BCUT2D eigenvalue weighted by atomic mass is 16.6. The zero-order valence-corrected chi connectivity index (χ0v) is 17.7. The van der Waals surface area contributed by atoms with Gasteiger partial charge in [-0.25, -0.2) is 9.59 Å². The predicted molar refractivity (Wildman–Crippen MR) is 118 cm³/mol. The van der Waals surface area contributed by atoms with Gasteiger partial charge in [0.25, 0.3) is 0 Å². The summed E-state index contributed by atoms with van der Waals surface area (Å²) < 4.78 is 5.87. The monoisotopic (exact) mass is 437 g/mol. The number of hydrogen-bond acceptors (Lipinski definition) is 5. The first-order valence-corrected chi connectivity index (χ1v) is 10.6. The van der Waals surface area contributed by atoms with Crippen LogP contribution in [0.5, 0.6) is 0 Å². The van der Waals surface area contributed by atoms with E-state index in [1.165, 1.54) is 18.4 Å². The van der Waals surface area contributed by atoms with Crippen LogP contribution in [-0.4, -0.2) is 52.7 Å². The van der Waals surface area contributed by atoms with Crippen molar-refractivity contribution in [3.05, 3.63) is 83.9 Å². The number of cyclic esters (lactones) is 1. The highest BCUT2D eigenvalue weighted by Gasteiger charge is 2.46. The van der Waals surface area contributed by atoms with Gasteiger partial charge in [0, 0.05) is 24.6 Å².